The molecule has 0 aliphatic carbocycles. The Morgan fingerprint density at radius 3 is 2.75 bits per heavy atom. The molecule has 1 fully saturated rings. The Kier molecular flexibility index (Phi) is 5.76. The van der Waals surface area contributed by atoms with Crippen LogP contribution in [0.15, 0.2) is 53.7 Å². The first-order chi connectivity index (χ1) is 11.6. The zero-order valence-electron chi connectivity index (χ0n) is 14.3. The molecule has 0 spiro atoms. The van der Waals surface area contributed by atoms with E-state index in [9.17, 15) is 4.21 Å². The van der Waals surface area contributed by atoms with Crippen LogP contribution in [0.1, 0.15) is 23.6 Å². The van der Waals surface area contributed by atoms with Gasteiger partial charge in [0.2, 0.25) is 0 Å². The first-order valence-electron chi connectivity index (χ1n) is 8.38. The number of pyridine rings is 1. The summed E-state index contributed by atoms with van der Waals surface area (Å²) in [4.78, 5) is 7.58. The van der Waals surface area contributed by atoms with E-state index in [1.807, 2.05) is 30.6 Å². The minimum atomic E-state index is -0.907. The van der Waals surface area contributed by atoms with Crippen LogP contribution < -0.4 is 5.32 Å². The van der Waals surface area contributed by atoms with Gasteiger partial charge in [0.15, 0.2) is 0 Å². The predicted molar refractivity (Wildman–Crippen MR) is 98.2 cm³/mol. The molecule has 3 rings (SSSR count). The molecule has 3 atom stereocenters. The van der Waals surface area contributed by atoms with Gasteiger partial charge in [-0.1, -0.05) is 18.2 Å². The fraction of sp³-hybridized carbons (Fsp3) is 0.421. The van der Waals surface area contributed by atoms with E-state index in [1.165, 1.54) is 17.5 Å². The van der Waals surface area contributed by atoms with Crippen LogP contribution in [0.2, 0.25) is 0 Å². The van der Waals surface area contributed by atoms with Gasteiger partial charge in [-0.25, -0.2) is 0 Å². The molecule has 0 radical (unpaired) electrons. The van der Waals surface area contributed by atoms with E-state index in [1.54, 1.807) is 6.26 Å². The Hall–Kier alpha value is -1.56. The molecule has 128 valence electrons. The molecule has 1 aromatic heterocycles. The number of likely N-dealkylation sites (tertiary alicyclic amines) is 1. The van der Waals surface area contributed by atoms with E-state index in [-0.39, 0.29) is 0 Å². The van der Waals surface area contributed by atoms with Crippen molar-refractivity contribution in [3.8, 4) is 0 Å². The second-order valence-electron chi connectivity index (χ2n) is 6.49. The second kappa shape index (κ2) is 8.01. The number of rotatable bonds is 6. The van der Waals surface area contributed by atoms with Crippen molar-refractivity contribution < 1.29 is 4.21 Å². The molecular formula is C19H25N3OS. The maximum Gasteiger partial charge on any atom is 0.0498 e. The fourth-order valence-electron chi connectivity index (χ4n) is 3.52. The smallest absolute Gasteiger partial charge is 0.0498 e. The summed E-state index contributed by atoms with van der Waals surface area (Å²) >= 11 is 0. The Bertz CT molecular complexity index is 675. The average Bonchev–Trinajstić information content (AvgIpc) is 2.97. The monoisotopic (exact) mass is 343 g/mol. The Labute approximate surface area is 146 Å². The fourth-order valence-corrected chi connectivity index (χ4v) is 4.04. The van der Waals surface area contributed by atoms with Gasteiger partial charge in [-0.15, -0.1) is 0 Å². The zero-order chi connectivity index (χ0) is 16.9. The van der Waals surface area contributed by atoms with Crippen LogP contribution in [-0.4, -0.2) is 40.5 Å². The minimum absolute atomic E-state index is 0.441. The molecule has 0 bridgehead atoms. The topological polar surface area (TPSA) is 45.2 Å². The lowest BCUT2D eigenvalue weighted by Crippen LogP contribution is -2.28. The number of nitrogens with one attached hydrogen (secondary N) is 1. The van der Waals surface area contributed by atoms with E-state index in [2.05, 4.69) is 40.4 Å². The molecule has 1 N–H and O–H groups in total. The van der Waals surface area contributed by atoms with Gasteiger partial charge in [0, 0.05) is 53.5 Å². The van der Waals surface area contributed by atoms with E-state index in [0.29, 0.717) is 12.0 Å². The summed E-state index contributed by atoms with van der Waals surface area (Å²) in [6.07, 6.45) is 6.74. The molecule has 1 saturated heterocycles. The number of benzene rings is 1. The third kappa shape index (κ3) is 4.09. The highest BCUT2D eigenvalue weighted by Crippen LogP contribution is 2.35. The summed E-state index contributed by atoms with van der Waals surface area (Å²) in [5.74, 6) is 0.599. The zero-order valence-corrected chi connectivity index (χ0v) is 15.1. The Morgan fingerprint density at radius 1 is 1.29 bits per heavy atom. The predicted octanol–water partition coefficient (Wildman–Crippen LogP) is 2.60. The van der Waals surface area contributed by atoms with Gasteiger partial charge in [0.25, 0.3) is 0 Å². The van der Waals surface area contributed by atoms with Gasteiger partial charge in [-0.3, -0.25) is 14.1 Å². The van der Waals surface area contributed by atoms with E-state index in [0.717, 1.165) is 24.5 Å². The van der Waals surface area contributed by atoms with Crippen molar-refractivity contribution in [2.45, 2.75) is 23.9 Å². The first kappa shape index (κ1) is 17.3. The molecule has 1 aliphatic heterocycles. The first-order valence-corrected chi connectivity index (χ1v) is 9.94. The largest absolute Gasteiger partial charge is 0.312 e. The normalized spacial score (nSPS) is 22.6. The van der Waals surface area contributed by atoms with Crippen molar-refractivity contribution in [2.24, 2.45) is 5.92 Å². The Morgan fingerprint density at radius 2 is 2.08 bits per heavy atom. The second-order valence-corrected chi connectivity index (χ2v) is 7.87. The summed E-state index contributed by atoms with van der Waals surface area (Å²) in [5, 5.41) is 3.59. The minimum Gasteiger partial charge on any atom is -0.312 e. The summed E-state index contributed by atoms with van der Waals surface area (Å²) in [5.41, 5.74) is 2.53. The van der Waals surface area contributed by atoms with Gasteiger partial charge in [0.05, 0.1) is 0 Å². The highest BCUT2D eigenvalue weighted by atomic mass is 32.2. The van der Waals surface area contributed by atoms with Crippen molar-refractivity contribution in [1.82, 2.24) is 15.2 Å². The maximum absolute atomic E-state index is 11.4. The molecule has 4 nitrogen and oxygen atoms in total. The maximum atomic E-state index is 11.4. The molecular weight excluding hydrogens is 318 g/mol. The quantitative estimate of drug-likeness (QED) is 0.876. The molecule has 2 aromatic rings. The van der Waals surface area contributed by atoms with Crippen LogP contribution in [0.4, 0.5) is 0 Å². The van der Waals surface area contributed by atoms with E-state index in [4.69, 9.17) is 0 Å². The van der Waals surface area contributed by atoms with Crippen LogP contribution in [-0.2, 0) is 17.3 Å². The number of hydrogen-bond donors (Lipinski definition) is 1. The molecule has 1 unspecified atom stereocenters. The molecule has 24 heavy (non-hydrogen) atoms. The third-order valence-electron chi connectivity index (χ3n) is 4.79. The molecule has 0 amide bonds. The van der Waals surface area contributed by atoms with Gasteiger partial charge in [-0.2, -0.15) is 0 Å². The van der Waals surface area contributed by atoms with Gasteiger partial charge in [-0.05, 0) is 55.3 Å². The standard InChI is InChI=1S/C19H25N3OS/c1-22-11-9-17(19(22)16-4-3-10-20-13-16)14-21-12-15-5-7-18(8-6-15)24(2)23/h3-8,10,13,17,19,21H,9,11-12,14H2,1-2H3/t17-,19-,24?/m0/s1. The van der Waals surface area contributed by atoms with Crippen molar-refractivity contribution in [1.29, 1.82) is 0 Å². The van der Waals surface area contributed by atoms with E-state index >= 15 is 0 Å². The van der Waals surface area contributed by atoms with E-state index < -0.39 is 10.8 Å². The van der Waals surface area contributed by atoms with Crippen LogP contribution in [0.25, 0.3) is 0 Å². The molecule has 2 heterocycles. The third-order valence-corrected chi connectivity index (χ3v) is 5.73. The molecule has 5 heteroatoms. The summed E-state index contributed by atoms with van der Waals surface area (Å²) in [6, 6.07) is 12.7. The van der Waals surface area contributed by atoms with Gasteiger partial charge >= 0.3 is 0 Å². The van der Waals surface area contributed by atoms with Crippen LogP contribution >= 0.6 is 0 Å². The number of nitrogens with zero attached hydrogens (tertiary/aromatic N) is 2. The molecule has 0 saturated carbocycles. The lowest BCUT2D eigenvalue weighted by atomic mass is 9.94. The highest BCUT2D eigenvalue weighted by Gasteiger charge is 2.32. The summed E-state index contributed by atoms with van der Waals surface area (Å²) in [6.45, 7) is 2.96. The highest BCUT2D eigenvalue weighted by molar-refractivity contribution is 7.84. The SMILES string of the molecule is CN1CC[C@@H](CNCc2ccc(S(C)=O)cc2)[C@@H]1c1cccnc1. The van der Waals surface area contributed by atoms with Crippen LogP contribution in [0, 0.1) is 5.92 Å². The Balaban J connectivity index is 1.56. The lowest BCUT2D eigenvalue weighted by molar-refractivity contribution is 0.271. The van der Waals surface area contributed by atoms with Crippen LogP contribution in [0.5, 0.6) is 0 Å². The van der Waals surface area contributed by atoms with Crippen LogP contribution in [0.3, 0.4) is 0 Å². The molecule has 1 aliphatic rings. The van der Waals surface area contributed by atoms with Crippen molar-refractivity contribution in [3.05, 3.63) is 59.9 Å². The molecule has 1 aromatic carbocycles. The number of hydrogen-bond acceptors (Lipinski definition) is 4. The van der Waals surface area contributed by atoms with Crippen molar-refractivity contribution in [3.63, 3.8) is 0 Å². The average molecular weight is 343 g/mol. The van der Waals surface area contributed by atoms with Gasteiger partial charge in [0.1, 0.15) is 0 Å². The van der Waals surface area contributed by atoms with Gasteiger partial charge < -0.3 is 5.32 Å². The van der Waals surface area contributed by atoms with Crippen molar-refractivity contribution >= 4 is 10.8 Å². The number of aromatic nitrogens is 1. The lowest BCUT2D eigenvalue weighted by Gasteiger charge is -2.25. The summed E-state index contributed by atoms with van der Waals surface area (Å²) < 4.78 is 11.4. The van der Waals surface area contributed by atoms with Crippen molar-refractivity contribution in [2.75, 3.05) is 26.4 Å². The summed E-state index contributed by atoms with van der Waals surface area (Å²) in [7, 11) is 1.29.